The number of rotatable bonds is 3. The molecular formula is C10H16OS. The lowest BCUT2D eigenvalue weighted by Gasteiger charge is -2.14. The fourth-order valence-electron chi connectivity index (χ4n) is 1.24. The molecule has 1 aromatic heterocycles. The third kappa shape index (κ3) is 2.08. The van der Waals surface area contributed by atoms with E-state index in [1.54, 1.807) is 11.3 Å². The number of aliphatic hydroxyl groups excluding tert-OH is 1. The highest BCUT2D eigenvalue weighted by atomic mass is 32.1. The van der Waals surface area contributed by atoms with Crippen LogP contribution in [0.15, 0.2) is 12.1 Å². The van der Waals surface area contributed by atoms with Crippen LogP contribution in [0.1, 0.15) is 35.9 Å². The van der Waals surface area contributed by atoms with Gasteiger partial charge in [0, 0.05) is 15.7 Å². The maximum absolute atomic E-state index is 9.60. The van der Waals surface area contributed by atoms with Crippen molar-refractivity contribution in [2.24, 2.45) is 0 Å². The van der Waals surface area contributed by atoms with Crippen molar-refractivity contribution < 1.29 is 5.11 Å². The fraction of sp³-hybridized carbons (Fsp3) is 0.600. The smallest absolute Gasteiger partial charge is 0.0611 e. The monoisotopic (exact) mass is 184 g/mol. The first-order valence-electron chi connectivity index (χ1n) is 4.39. The van der Waals surface area contributed by atoms with Crippen LogP contribution >= 0.6 is 11.3 Å². The van der Waals surface area contributed by atoms with Gasteiger partial charge < -0.3 is 5.11 Å². The average molecular weight is 184 g/mol. The molecular weight excluding hydrogens is 168 g/mol. The predicted molar refractivity (Wildman–Crippen MR) is 53.8 cm³/mol. The molecule has 0 amide bonds. The van der Waals surface area contributed by atoms with E-state index in [2.05, 4.69) is 26.0 Å². The van der Waals surface area contributed by atoms with Crippen molar-refractivity contribution in [2.45, 2.75) is 39.2 Å². The highest BCUT2D eigenvalue weighted by molar-refractivity contribution is 7.12. The van der Waals surface area contributed by atoms with E-state index in [-0.39, 0.29) is 12.0 Å². The van der Waals surface area contributed by atoms with E-state index < -0.39 is 0 Å². The van der Waals surface area contributed by atoms with Crippen LogP contribution in [0.5, 0.6) is 0 Å². The molecule has 12 heavy (non-hydrogen) atoms. The van der Waals surface area contributed by atoms with Gasteiger partial charge in [0.1, 0.15) is 0 Å². The van der Waals surface area contributed by atoms with Gasteiger partial charge in [0.2, 0.25) is 0 Å². The molecule has 0 radical (unpaired) electrons. The summed E-state index contributed by atoms with van der Waals surface area (Å²) in [6.45, 7) is 6.19. The Morgan fingerprint density at radius 1 is 1.50 bits per heavy atom. The van der Waals surface area contributed by atoms with Gasteiger partial charge in [0.25, 0.3) is 0 Å². The first-order chi connectivity index (χ1) is 5.65. The number of aryl methyl sites for hydroxylation is 1. The molecule has 2 unspecified atom stereocenters. The minimum Gasteiger partial charge on any atom is -0.392 e. The maximum atomic E-state index is 9.60. The zero-order chi connectivity index (χ0) is 9.14. The van der Waals surface area contributed by atoms with Crippen LogP contribution in [-0.2, 0) is 0 Å². The molecule has 1 aromatic rings. The third-order valence-electron chi connectivity index (χ3n) is 2.21. The van der Waals surface area contributed by atoms with E-state index >= 15 is 0 Å². The van der Waals surface area contributed by atoms with Crippen molar-refractivity contribution in [2.75, 3.05) is 0 Å². The molecule has 1 rings (SSSR count). The van der Waals surface area contributed by atoms with E-state index in [4.69, 9.17) is 0 Å². The Labute approximate surface area is 78.1 Å². The summed E-state index contributed by atoms with van der Waals surface area (Å²) in [5.74, 6) is 0.286. The van der Waals surface area contributed by atoms with Gasteiger partial charge in [-0.05, 0) is 25.5 Å². The molecule has 2 heteroatoms. The van der Waals surface area contributed by atoms with E-state index in [9.17, 15) is 5.11 Å². The summed E-state index contributed by atoms with van der Waals surface area (Å²) in [5.41, 5.74) is 0. The Morgan fingerprint density at radius 3 is 2.58 bits per heavy atom. The summed E-state index contributed by atoms with van der Waals surface area (Å²) in [5, 5.41) is 9.60. The SMILES string of the molecule is CCC(O)C(C)c1ccc(C)s1. The molecule has 0 bridgehead atoms. The van der Waals surface area contributed by atoms with Crippen molar-refractivity contribution >= 4 is 11.3 Å². The molecule has 0 aliphatic rings. The summed E-state index contributed by atoms with van der Waals surface area (Å²) in [6, 6.07) is 4.22. The van der Waals surface area contributed by atoms with Gasteiger partial charge in [-0.2, -0.15) is 0 Å². The number of thiophene rings is 1. The summed E-state index contributed by atoms with van der Waals surface area (Å²) in [4.78, 5) is 2.61. The van der Waals surface area contributed by atoms with Crippen LogP contribution in [0.25, 0.3) is 0 Å². The molecule has 0 aromatic carbocycles. The minimum absolute atomic E-state index is 0.192. The van der Waals surface area contributed by atoms with Gasteiger partial charge in [0.05, 0.1) is 6.10 Å². The van der Waals surface area contributed by atoms with Gasteiger partial charge in [-0.1, -0.05) is 13.8 Å². The van der Waals surface area contributed by atoms with Gasteiger partial charge in [0.15, 0.2) is 0 Å². The molecule has 0 aliphatic carbocycles. The van der Waals surface area contributed by atoms with E-state index in [0.717, 1.165) is 6.42 Å². The zero-order valence-electron chi connectivity index (χ0n) is 7.87. The number of hydrogen-bond acceptors (Lipinski definition) is 2. The van der Waals surface area contributed by atoms with Crippen molar-refractivity contribution in [1.82, 2.24) is 0 Å². The molecule has 0 fully saturated rings. The summed E-state index contributed by atoms with van der Waals surface area (Å²) < 4.78 is 0. The highest BCUT2D eigenvalue weighted by Crippen LogP contribution is 2.27. The summed E-state index contributed by atoms with van der Waals surface area (Å²) >= 11 is 1.78. The van der Waals surface area contributed by atoms with Gasteiger partial charge in [-0.25, -0.2) is 0 Å². The van der Waals surface area contributed by atoms with Gasteiger partial charge >= 0.3 is 0 Å². The summed E-state index contributed by atoms with van der Waals surface area (Å²) in [7, 11) is 0. The van der Waals surface area contributed by atoms with Crippen molar-refractivity contribution in [1.29, 1.82) is 0 Å². The third-order valence-corrected chi connectivity index (χ3v) is 3.41. The van der Waals surface area contributed by atoms with Crippen LogP contribution in [-0.4, -0.2) is 11.2 Å². The second-order valence-corrected chi connectivity index (χ2v) is 4.53. The largest absolute Gasteiger partial charge is 0.392 e. The summed E-state index contributed by atoms with van der Waals surface area (Å²) in [6.07, 6.45) is 0.640. The lowest BCUT2D eigenvalue weighted by atomic mass is 10.0. The molecule has 0 aliphatic heterocycles. The first kappa shape index (κ1) is 9.75. The number of aliphatic hydroxyl groups is 1. The van der Waals surface area contributed by atoms with Crippen LogP contribution in [0.3, 0.4) is 0 Å². The Balaban J connectivity index is 2.70. The predicted octanol–water partition coefficient (Wildman–Crippen LogP) is 2.93. The maximum Gasteiger partial charge on any atom is 0.0611 e. The molecule has 0 saturated heterocycles. The fourth-order valence-corrected chi connectivity index (χ4v) is 2.23. The molecule has 2 atom stereocenters. The van der Waals surface area contributed by atoms with Crippen molar-refractivity contribution in [3.05, 3.63) is 21.9 Å². The Bertz CT molecular complexity index is 242. The minimum atomic E-state index is -0.192. The van der Waals surface area contributed by atoms with Crippen LogP contribution in [0, 0.1) is 6.92 Å². The van der Waals surface area contributed by atoms with Crippen LogP contribution < -0.4 is 0 Å². The van der Waals surface area contributed by atoms with Crippen LogP contribution in [0.4, 0.5) is 0 Å². The average Bonchev–Trinajstić information content (AvgIpc) is 2.49. The lowest BCUT2D eigenvalue weighted by molar-refractivity contribution is 0.146. The lowest BCUT2D eigenvalue weighted by Crippen LogP contribution is -2.12. The Hall–Kier alpha value is -0.340. The molecule has 1 N–H and O–H groups in total. The molecule has 0 saturated carbocycles. The molecule has 0 spiro atoms. The topological polar surface area (TPSA) is 20.2 Å². The molecule has 68 valence electrons. The van der Waals surface area contributed by atoms with E-state index in [0.29, 0.717) is 0 Å². The van der Waals surface area contributed by atoms with Crippen LogP contribution in [0.2, 0.25) is 0 Å². The van der Waals surface area contributed by atoms with E-state index in [1.165, 1.54) is 9.75 Å². The second kappa shape index (κ2) is 4.06. The Kier molecular flexibility index (Phi) is 3.29. The molecule has 1 heterocycles. The van der Waals surface area contributed by atoms with Crippen molar-refractivity contribution in [3.63, 3.8) is 0 Å². The number of hydrogen-bond donors (Lipinski definition) is 1. The Morgan fingerprint density at radius 2 is 2.17 bits per heavy atom. The van der Waals surface area contributed by atoms with Crippen molar-refractivity contribution in [3.8, 4) is 0 Å². The van der Waals surface area contributed by atoms with Gasteiger partial charge in [-0.15, -0.1) is 11.3 Å². The standard InChI is InChI=1S/C10H16OS/c1-4-9(11)8(3)10-6-5-7(2)12-10/h5-6,8-9,11H,4H2,1-3H3. The highest BCUT2D eigenvalue weighted by Gasteiger charge is 2.15. The molecule has 1 nitrogen and oxygen atoms in total. The first-order valence-corrected chi connectivity index (χ1v) is 5.21. The van der Waals surface area contributed by atoms with E-state index in [1.807, 2.05) is 6.92 Å². The normalized spacial score (nSPS) is 16.0. The quantitative estimate of drug-likeness (QED) is 0.765. The second-order valence-electron chi connectivity index (χ2n) is 3.21. The zero-order valence-corrected chi connectivity index (χ0v) is 8.69. The van der Waals surface area contributed by atoms with Gasteiger partial charge in [-0.3, -0.25) is 0 Å².